The fourth-order valence-electron chi connectivity index (χ4n) is 2.73. The summed E-state index contributed by atoms with van der Waals surface area (Å²) in [7, 11) is 0. The molecule has 0 spiro atoms. The number of allylic oxidation sites excluding steroid dienone is 1. The van der Waals surface area contributed by atoms with Crippen LogP contribution in [0.4, 0.5) is 0 Å². The monoisotopic (exact) mass is 332 g/mol. The number of aryl methyl sites for hydroxylation is 1. The van der Waals surface area contributed by atoms with Gasteiger partial charge in [-0.2, -0.15) is 0 Å². The van der Waals surface area contributed by atoms with Crippen LogP contribution in [0.25, 0.3) is 17.2 Å². The minimum atomic E-state index is -0.442. The van der Waals surface area contributed by atoms with Crippen molar-refractivity contribution in [2.45, 2.75) is 12.8 Å². The van der Waals surface area contributed by atoms with Crippen LogP contribution >= 0.6 is 0 Å². The Hall–Kier alpha value is -3.11. The van der Waals surface area contributed by atoms with Crippen molar-refractivity contribution in [3.8, 4) is 11.1 Å². The number of rotatable bonds is 6. The van der Waals surface area contributed by atoms with Crippen molar-refractivity contribution in [2.24, 2.45) is 5.84 Å². The highest BCUT2D eigenvalue weighted by Gasteiger charge is 2.19. The molecule has 4 heteroatoms. The summed E-state index contributed by atoms with van der Waals surface area (Å²) in [5.74, 6) is 5.05. The molecule has 3 N–H and O–H groups in total. The molecule has 0 fully saturated rings. The first-order valence-corrected chi connectivity index (χ1v) is 8.18. The molecular formula is C21H20N2O2. The van der Waals surface area contributed by atoms with Gasteiger partial charge in [0.05, 0.1) is 6.26 Å². The van der Waals surface area contributed by atoms with Crippen LogP contribution in [0, 0.1) is 0 Å². The predicted molar refractivity (Wildman–Crippen MR) is 99.6 cm³/mol. The highest BCUT2D eigenvalue weighted by molar-refractivity contribution is 6.00. The first kappa shape index (κ1) is 16.7. The van der Waals surface area contributed by atoms with E-state index in [1.54, 1.807) is 6.26 Å². The van der Waals surface area contributed by atoms with Crippen LogP contribution in [-0.2, 0) is 6.42 Å². The lowest BCUT2D eigenvalue weighted by atomic mass is 10.0. The van der Waals surface area contributed by atoms with Gasteiger partial charge in [0.1, 0.15) is 0 Å². The maximum Gasteiger partial charge on any atom is 0.301 e. The number of amides is 1. The van der Waals surface area contributed by atoms with Crippen molar-refractivity contribution in [2.75, 3.05) is 0 Å². The highest BCUT2D eigenvalue weighted by atomic mass is 16.3. The highest BCUT2D eigenvalue weighted by Crippen LogP contribution is 2.30. The number of carbonyl (C=O) groups excluding carboxylic acids is 1. The Labute approximate surface area is 146 Å². The average Bonchev–Trinajstić information content (AvgIpc) is 3.10. The van der Waals surface area contributed by atoms with E-state index in [1.165, 1.54) is 5.56 Å². The van der Waals surface area contributed by atoms with E-state index in [4.69, 9.17) is 10.3 Å². The molecule has 1 aromatic heterocycles. The number of nitrogens with one attached hydrogen (secondary N) is 1. The second-order valence-electron chi connectivity index (χ2n) is 5.66. The van der Waals surface area contributed by atoms with E-state index >= 15 is 0 Å². The van der Waals surface area contributed by atoms with Gasteiger partial charge in [-0.15, -0.1) is 0 Å². The fraction of sp³-hybridized carbons (Fsp3) is 0.0952. The Kier molecular flexibility index (Phi) is 5.44. The van der Waals surface area contributed by atoms with Gasteiger partial charge in [-0.1, -0.05) is 72.8 Å². The Bertz CT molecular complexity index is 852. The quantitative estimate of drug-likeness (QED) is 0.404. The zero-order valence-corrected chi connectivity index (χ0v) is 13.8. The van der Waals surface area contributed by atoms with E-state index < -0.39 is 5.91 Å². The van der Waals surface area contributed by atoms with Gasteiger partial charge in [0.15, 0.2) is 0 Å². The smallest absolute Gasteiger partial charge is 0.301 e. The summed E-state index contributed by atoms with van der Waals surface area (Å²) in [5, 5.41) is 0. The van der Waals surface area contributed by atoms with Gasteiger partial charge in [-0.05, 0) is 24.0 Å². The maximum atomic E-state index is 12.0. The van der Waals surface area contributed by atoms with Crippen molar-refractivity contribution in [1.82, 2.24) is 5.43 Å². The lowest BCUT2D eigenvalue weighted by Gasteiger charge is -2.03. The van der Waals surface area contributed by atoms with Crippen LogP contribution in [0.3, 0.4) is 0 Å². The lowest BCUT2D eigenvalue weighted by molar-refractivity contribution is 0.0927. The van der Waals surface area contributed by atoms with Crippen molar-refractivity contribution < 1.29 is 9.21 Å². The summed E-state index contributed by atoms with van der Waals surface area (Å²) in [6.45, 7) is 0. The van der Waals surface area contributed by atoms with Gasteiger partial charge < -0.3 is 4.42 Å². The molecule has 0 atom stereocenters. The third-order valence-electron chi connectivity index (χ3n) is 3.96. The molecule has 126 valence electrons. The van der Waals surface area contributed by atoms with Crippen molar-refractivity contribution >= 4 is 12.0 Å². The topological polar surface area (TPSA) is 68.3 Å². The SMILES string of the molecule is NNC(=O)c1occ(/C=C/CCc2ccccc2)c1-c1ccccc1. The summed E-state index contributed by atoms with van der Waals surface area (Å²) in [6.07, 6.45) is 7.54. The molecule has 3 rings (SSSR count). The number of nitrogens with two attached hydrogens (primary N) is 1. The van der Waals surface area contributed by atoms with E-state index in [1.807, 2.05) is 54.6 Å². The summed E-state index contributed by atoms with van der Waals surface area (Å²) >= 11 is 0. The largest absolute Gasteiger partial charge is 0.458 e. The third-order valence-corrected chi connectivity index (χ3v) is 3.96. The average molecular weight is 332 g/mol. The molecule has 1 heterocycles. The molecular weight excluding hydrogens is 312 g/mol. The predicted octanol–water partition coefficient (Wildman–Crippen LogP) is 4.20. The number of hydrogen-bond donors (Lipinski definition) is 2. The van der Waals surface area contributed by atoms with Gasteiger partial charge >= 0.3 is 5.91 Å². The number of hydrazine groups is 1. The Morgan fingerprint density at radius 2 is 1.72 bits per heavy atom. The van der Waals surface area contributed by atoms with Crippen molar-refractivity contribution in [1.29, 1.82) is 0 Å². The molecule has 25 heavy (non-hydrogen) atoms. The third kappa shape index (κ3) is 4.05. The Morgan fingerprint density at radius 3 is 2.40 bits per heavy atom. The molecule has 2 aromatic carbocycles. The molecule has 3 aromatic rings. The number of furan rings is 1. The van der Waals surface area contributed by atoms with Crippen molar-refractivity contribution in [3.05, 3.63) is 89.9 Å². The Morgan fingerprint density at radius 1 is 1.04 bits per heavy atom. The van der Waals surface area contributed by atoms with Crippen LogP contribution in [0.2, 0.25) is 0 Å². The number of benzene rings is 2. The van der Waals surface area contributed by atoms with Crippen LogP contribution in [0.5, 0.6) is 0 Å². The normalized spacial score (nSPS) is 10.9. The molecule has 0 saturated carbocycles. The molecule has 0 radical (unpaired) electrons. The van der Waals surface area contributed by atoms with Gasteiger partial charge in [0.2, 0.25) is 5.76 Å². The maximum absolute atomic E-state index is 12.0. The molecule has 0 aliphatic carbocycles. The van der Waals surface area contributed by atoms with Crippen LogP contribution in [-0.4, -0.2) is 5.91 Å². The lowest BCUT2D eigenvalue weighted by Crippen LogP contribution is -2.30. The fourth-order valence-corrected chi connectivity index (χ4v) is 2.73. The Balaban J connectivity index is 1.82. The molecule has 0 aliphatic rings. The second-order valence-corrected chi connectivity index (χ2v) is 5.66. The van der Waals surface area contributed by atoms with E-state index in [0.717, 1.165) is 29.5 Å². The van der Waals surface area contributed by atoms with E-state index in [9.17, 15) is 4.79 Å². The van der Waals surface area contributed by atoms with Crippen LogP contribution < -0.4 is 11.3 Å². The number of hydrogen-bond acceptors (Lipinski definition) is 3. The molecule has 0 saturated heterocycles. The van der Waals surface area contributed by atoms with Crippen LogP contribution in [0.15, 0.2) is 77.4 Å². The van der Waals surface area contributed by atoms with E-state index in [0.29, 0.717) is 0 Å². The molecule has 0 aliphatic heterocycles. The summed E-state index contributed by atoms with van der Waals surface area (Å²) in [6, 6.07) is 20.0. The molecule has 0 bridgehead atoms. The van der Waals surface area contributed by atoms with Gasteiger partial charge in [0, 0.05) is 11.1 Å². The first-order chi connectivity index (χ1) is 12.3. The van der Waals surface area contributed by atoms with Gasteiger partial charge in [0.25, 0.3) is 0 Å². The number of carbonyl (C=O) groups is 1. The van der Waals surface area contributed by atoms with Crippen molar-refractivity contribution in [3.63, 3.8) is 0 Å². The second kappa shape index (κ2) is 8.13. The zero-order valence-electron chi connectivity index (χ0n) is 13.8. The molecule has 0 unspecified atom stereocenters. The standard InChI is InChI=1S/C21H20N2O2/c22-23-21(24)20-19(17-12-5-2-6-13-17)18(15-25-20)14-8-7-11-16-9-3-1-4-10-16/h1-6,8-10,12-15H,7,11,22H2,(H,23,24)/b14-8+. The van der Waals surface area contributed by atoms with Gasteiger partial charge in [-0.25, -0.2) is 5.84 Å². The van der Waals surface area contributed by atoms with E-state index in [2.05, 4.69) is 23.6 Å². The summed E-state index contributed by atoms with van der Waals surface area (Å²) in [5.41, 5.74) is 5.96. The zero-order chi connectivity index (χ0) is 17.5. The first-order valence-electron chi connectivity index (χ1n) is 8.18. The molecule has 1 amide bonds. The minimum Gasteiger partial charge on any atom is -0.458 e. The molecule has 4 nitrogen and oxygen atoms in total. The van der Waals surface area contributed by atoms with E-state index in [-0.39, 0.29) is 5.76 Å². The van der Waals surface area contributed by atoms with Gasteiger partial charge in [-0.3, -0.25) is 10.2 Å². The van der Waals surface area contributed by atoms with Crippen LogP contribution in [0.1, 0.15) is 28.1 Å². The number of nitrogen functional groups attached to an aromatic ring is 1. The minimum absolute atomic E-state index is 0.219. The summed E-state index contributed by atoms with van der Waals surface area (Å²) in [4.78, 5) is 12.0. The summed E-state index contributed by atoms with van der Waals surface area (Å²) < 4.78 is 5.47.